The fraction of sp³-hybridized carbons (Fsp3) is 0.786. The molecule has 0 spiro atoms. The van der Waals surface area contributed by atoms with Crippen LogP contribution in [-0.4, -0.2) is 22.3 Å². The Hall–Kier alpha value is -0.830. The van der Waals surface area contributed by atoms with Gasteiger partial charge in [-0.3, -0.25) is 0 Å². The zero-order valence-electron chi connectivity index (χ0n) is 11.5. The highest BCUT2D eigenvalue weighted by Crippen LogP contribution is 2.07. The van der Waals surface area contributed by atoms with Crippen LogP contribution in [0.15, 0.2) is 12.2 Å². The summed E-state index contributed by atoms with van der Waals surface area (Å²) in [5.74, 6) is -0.935. The van der Waals surface area contributed by atoms with Crippen molar-refractivity contribution in [2.24, 2.45) is 0 Å². The fourth-order valence-electron chi connectivity index (χ4n) is 1.22. The summed E-state index contributed by atoms with van der Waals surface area (Å²) in [5.41, 5.74) is 0.176. The quantitative estimate of drug-likeness (QED) is 0.505. The lowest BCUT2D eigenvalue weighted by Gasteiger charge is -2.02. The van der Waals surface area contributed by atoms with E-state index >= 15 is 0 Å². The zero-order chi connectivity index (χ0) is 13.7. The van der Waals surface area contributed by atoms with Gasteiger partial charge in [-0.05, 0) is 20.3 Å². The van der Waals surface area contributed by atoms with Gasteiger partial charge in [0, 0.05) is 5.57 Å². The van der Waals surface area contributed by atoms with Gasteiger partial charge < -0.3 is 10.2 Å². The molecule has 2 N–H and O–H groups in total. The van der Waals surface area contributed by atoms with Gasteiger partial charge in [-0.1, -0.05) is 52.0 Å². The summed E-state index contributed by atoms with van der Waals surface area (Å²) in [5, 5.41) is 16.8. The number of carboxylic acids is 1. The van der Waals surface area contributed by atoms with Gasteiger partial charge in [-0.2, -0.15) is 0 Å². The Balaban J connectivity index is 0. The third-order valence-electron chi connectivity index (χ3n) is 2.34. The minimum atomic E-state index is -0.935. The lowest BCUT2D eigenvalue weighted by atomic mass is 10.1. The van der Waals surface area contributed by atoms with E-state index in [9.17, 15) is 4.79 Å². The van der Waals surface area contributed by atoms with Crippen LogP contribution < -0.4 is 0 Å². The Bertz CT molecular complexity index is 186. The molecule has 3 heteroatoms. The first-order valence-corrected chi connectivity index (χ1v) is 6.48. The first-order valence-electron chi connectivity index (χ1n) is 6.48. The Morgan fingerprint density at radius 1 is 1.18 bits per heavy atom. The van der Waals surface area contributed by atoms with Crippen LogP contribution in [0.4, 0.5) is 0 Å². The molecule has 0 aliphatic carbocycles. The minimum Gasteiger partial charge on any atom is -0.478 e. The highest BCUT2D eigenvalue weighted by atomic mass is 16.4. The van der Waals surface area contributed by atoms with Gasteiger partial charge in [0.15, 0.2) is 0 Å². The van der Waals surface area contributed by atoms with Crippen molar-refractivity contribution in [3.63, 3.8) is 0 Å². The second kappa shape index (κ2) is 13.2. The van der Waals surface area contributed by atoms with Crippen LogP contribution in [0, 0.1) is 0 Å². The molecule has 3 nitrogen and oxygen atoms in total. The van der Waals surface area contributed by atoms with E-state index < -0.39 is 5.97 Å². The van der Waals surface area contributed by atoms with Crippen molar-refractivity contribution >= 4 is 5.97 Å². The molecule has 1 unspecified atom stereocenters. The van der Waals surface area contributed by atoms with Gasteiger partial charge >= 0.3 is 5.97 Å². The molecular formula is C14H28O3. The molecule has 0 radical (unpaired) electrons. The molecule has 0 aromatic rings. The van der Waals surface area contributed by atoms with Crippen LogP contribution in [0.2, 0.25) is 0 Å². The van der Waals surface area contributed by atoms with E-state index in [4.69, 9.17) is 10.2 Å². The molecule has 0 aromatic heterocycles. The number of aliphatic carboxylic acids is 1. The molecule has 0 saturated heterocycles. The largest absolute Gasteiger partial charge is 0.478 e. The number of carbonyl (C=O) groups is 1. The number of aliphatic hydroxyl groups excluding tert-OH is 1. The highest BCUT2D eigenvalue weighted by Gasteiger charge is 1.94. The van der Waals surface area contributed by atoms with Gasteiger partial charge in [-0.25, -0.2) is 4.79 Å². The molecule has 0 saturated carbocycles. The number of aliphatic hydroxyl groups is 1. The Labute approximate surface area is 106 Å². The van der Waals surface area contributed by atoms with Gasteiger partial charge in [0.05, 0.1) is 6.10 Å². The molecule has 0 rings (SSSR count). The van der Waals surface area contributed by atoms with Crippen LogP contribution in [-0.2, 0) is 4.79 Å². The summed E-state index contributed by atoms with van der Waals surface area (Å²) in [6.07, 6.45) is 8.78. The average Bonchev–Trinajstić information content (AvgIpc) is 2.23. The predicted octanol–water partition coefficient (Wildman–Crippen LogP) is 3.76. The fourth-order valence-corrected chi connectivity index (χ4v) is 1.22. The third kappa shape index (κ3) is 21.1. The Morgan fingerprint density at radius 3 is 1.94 bits per heavy atom. The second-order valence-corrected chi connectivity index (χ2v) is 4.49. The Kier molecular flexibility index (Phi) is 14.4. The summed E-state index contributed by atoms with van der Waals surface area (Å²) in [4.78, 5) is 9.60. The normalized spacial score (nSPS) is 11.3. The van der Waals surface area contributed by atoms with E-state index in [1.807, 2.05) is 6.92 Å². The number of rotatable bonds is 8. The lowest BCUT2D eigenvalue weighted by molar-refractivity contribution is -0.132. The first kappa shape index (κ1) is 18.5. The molecule has 102 valence electrons. The molecule has 0 fully saturated rings. The monoisotopic (exact) mass is 244 g/mol. The van der Waals surface area contributed by atoms with Crippen LogP contribution in [0.25, 0.3) is 0 Å². The van der Waals surface area contributed by atoms with Gasteiger partial charge in [0.2, 0.25) is 0 Å². The average molecular weight is 244 g/mol. The van der Waals surface area contributed by atoms with Crippen LogP contribution in [0.5, 0.6) is 0 Å². The molecule has 0 amide bonds. The van der Waals surface area contributed by atoms with E-state index in [1.165, 1.54) is 45.4 Å². The standard InChI is InChI=1S/C10H22O.C4H6O2/c1-3-4-5-6-7-8-9-10(2)11;1-3(2)4(5)6/h10-11H,3-9H2,1-2H3;1H2,2H3,(H,5,6). The lowest BCUT2D eigenvalue weighted by Crippen LogP contribution is -1.98. The molecule has 0 aliphatic heterocycles. The third-order valence-corrected chi connectivity index (χ3v) is 2.34. The number of carboxylic acid groups (broad SMARTS) is 1. The van der Waals surface area contributed by atoms with Crippen LogP contribution in [0.3, 0.4) is 0 Å². The van der Waals surface area contributed by atoms with E-state index in [-0.39, 0.29) is 11.7 Å². The highest BCUT2D eigenvalue weighted by molar-refractivity contribution is 5.84. The second-order valence-electron chi connectivity index (χ2n) is 4.49. The molecule has 0 heterocycles. The predicted molar refractivity (Wildman–Crippen MR) is 72.1 cm³/mol. The summed E-state index contributed by atoms with van der Waals surface area (Å²) in [6, 6.07) is 0. The molecule has 0 bridgehead atoms. The summed E-state index contributed by atoms with van der Waals surface area (Å²) >= 11 is 0. The van der Waals surface area contributed by atoms with E-state index in [0.29, 0.717) is 0 Å². The maximum atomic E-state index is 9.60. The van der Waals surface area contributed by atoms with Crippen molar-refractivity contribution in [1.29, 1.82) is 0 Å². The number of unbranched alkanes of at least 4 members (excludes halogenated alkanes) is 5. The van der Waals surface area contributed by atoms with E-state index in [1.54, 1.807) is 0 Å². The Morgan fingerprint density at radius 2 is 1.59 bits per heavy atom. The van der Waals surface area contributed by atoms with E-state index in [2.05, 4.69) is 13.5 Å². The maximum absolute atomic E-state index is 9.60. The summed E-state index contributed by atoms with van der Waals surface area (Å²) in [7, 11) is 0. The van der Waals surface area contributed by atoms with Gasteiger partial charge in [0.25, 0.3) is 0 Å². The summed E-state index contributed by atoms with van der Waals surface area (Å²) < 4.78 is 0. The van der Waals surface area contributed by atoms with Crippen molar-refractivity contribution in [3.05, 3.63) is 12.2 Å². The SMILES string of the molecule is C=C(C)C(=O)O.CCCCCCCCC(C)O. The van der Waals surface area contributed by atoms with Crippen molar-refractivity contribution in [3.8, 4) is 0 Å². The van der Waals surface area contributed by atoms with Gasteiger partial charge in [-0.15, -0.1) is 0 Å². The minimum absolute atomic E-state index is 0.0961. The zero-order valence-corrected chi connectivity index (χ0v) is 11.5. The van der Waals surface area contributed by atoms with Crippen LogP contribution >= 0.6 is 0 Å². The van der Waals surface area contributed by atoms with Crippen molar-refractivity contribution in [2.45, 2.75) is 71.8 Å². The molecule has 0 aromatic carbocycles. The topological polar surface area (TPSA) is 57.5 Å². The number of hydrogen-bond donors (Lipinski definition) is 2. The summed E-state index contributed by atoms with van der Waals surface area (Å²) in [6.45, 7) is 8.70. The smallest absolute Gasteiger partial charge is 0.330 e. The van der Waals surface area contributed by atoms with Crippen molar-refractivity contribution < 1.29 is 15.0 Å². The number of hydrogen-bond acceptors (Lipinski definition) is 2. The molecule has 0 aliphatic rings. The molecule has 1 atom stereocenters. The molecular weight excluding hydrogens is 216 g/mol. The van der Waals surface area contributed by atoms with Crippen molar-refractivity contribution in [2.75, 3.05) is 0 Å². The maximum Gasteiger partial charge on any atom is 0.330 e. The van der Waals surface area contributed by atoms with E-state index in [0.717, 1.165) is 6.42 Å². The van der Waals surface area contributed by atoms with Crippen molar-refractivity contribution in [1.82, 2.24) is 0 Å². The van der Waals surface area contributed by atoms with Crippen LogP contribution in [0.1, 0.15) is 65.7 Å². The first-order chi connectivity index (χ1) is 7.91. The van der Waals surface area contributed by atoms with Gasteiger partial charge in [0.1, 0.15) is 0 Å². The molecule has 17 heavy (non-hydrogen) atoms.